The van der Waals surface area contributed by atoms with Crippen molar-refractivity contribution in [2.24, 2.45) is 0 Å². The first-order valence-electron chi connectivity index (χ1n) is 5.38. The summed E-state index contributed by atoms with van der Waals surface area (Å²) >= 11 is 5.85. The predicted molar refractivity (Wildman–Crippen MR) is 65.1 cm³/mol. The quantitative estimate of drug-likeness (QED) is 0.560. The van der Waals surface area contributed by atoms with Crippen LogP contribution in [-0.2, 0) is 6.54 Å². The van der Waals surface area contributed by atoms with E-state index in [9.17, 15) is 0 Å². The van der Waals surface area contributed by atoms with Crippen molar-refractivity contribution in [3.05, 3.63) is 47.5 Å². The highest BCUT2D eigenvalue weighted by Crippen LogP contribution is 2.14. The van der Waals surface area contributed by atoms with Crippen LogP contribution in [-0.4, -0.2) is 23.9 Å². The molecule has 0 radical (unpaired) electrons. The van der Waals surface area contributed by atoms with Gasteiger partial charge in [-0.3, -0.25) is 4.90 Å². The lowest BCUT2D eigenvalue weighted by atomic mass is 10.1. The summed E-state index contributed by atoms with van der Waals surface area (Å²) in [7, 11) is 0. The monoisotopic (exact) mass is 221 g/mol. The van der Waals surface area contributed by atoms with Crippen molar-refractivity contribution in [1.82, 2.24) is 4.90 Å². The molecular weight excluding hydrogens is 206 g/mol. The lowest BCUT2D eigenvalue weighted by Gasteiger charge is -2.26. The first-order chi connectivity index (χ1) is 7.38. The molecule has 15 heavy (non-hydrogen) atoms. The van der Waals surface area contributed by atoms with Crippen LogP contribution >= 0.6 is 11.6 Å². The van der Waals surface area contributed by atoms with Crippen molar-refractivity contribution in [2.45, 2.75) is 13.0 Å². The number of hydrogen-bond acceptors (Lipinski definition) is 1. The van der Waals surface area contributed by atoms with Crippen LogP contribution in [0.2, 0.25) is 0 Å². The molecular formula is C13H16ClN. The summed E-state index contributed by atoms with van der Waals surface area (Å²) in [6, 6.07) is 10.6. The van der Waals surface area contributed by atoms with E-state index >= 15 is 0 Å². The van der Waals surface area contributed by atoms with E-state index in [0.29, 0.717) is 5.88 Å². The normalized spacial score (nSPS) is 17.5. The molecule has 2 rings (SSSR count). The molecule has 0 unspecified atom stereocenters. The van der Waals surface area contributed by atoms with Crippen molar-refractivity contribution >= 4 is 11.6 Å². The lowest BCUT2D eigenvalue weighted by molar-refractivity contribution is 0.282. The molecule has 1 aliphatic rings. The van der Waals surface area contributed by atoms with E-state index in [1.54, 1.807) is 0 Å². The van der Waals surface area contributed by atoms with Gasteiger partial charge in [-0.25, -0.2) is 0 Å². The summed E-state index contributed by atoms with van der Waals surface area (Å²) in [4.78, 5) is 2.45. The standard InChI is InChI=1S/C13H16ClN/c14-9-13-7-4-8-15(11-13)10-12-5-2-1-3-6-12/h1-3,5-7H,4,8-11H2. The van der Waals surface area contributed by atoms with Gasteiger partial charge in [0.1, 0.15) is 0 Å². The van der Waals surface area contributed by atoms with Crippen molar-refractivity contribution in [3.63, 3.8) is 0 Å². The molecule has 0 saturated carbocycles. The Morgan fingerprint density at radius 3 is 2.73 bits per heavy atom. The third kappa shape index (κ3) is 3.08. The molecule has 1 aromatic carbocycles. The van der Waals surface area contributed by atoms with E-state index in [-0.39, 0.29) is 0 Å². The smallest absolute Gasteiger partial charge is 0.0445 e. The van der Waals surface area contributed by atoms with Gasteiger partial charge < -0.3 is 0 Å². The Morgan fingerprint density at radius 1 is 1.20 bits per heavy atom. The lowest BCUT2D eigenvalue weighted by Crippen LogP contribution is -2.29. The van der Waals surface area contributed by atoms with Crippen LogP contribution in [0.25, 0.3) is 0 Å². The maximum atomic E-state index is 5.85. The zero-order chi connectivity index (χ0) is 10.5. The van der Waals surface area contributed by atoms with Gasteiger partial charge in [0.05, 0.1) is 0 Å². The SMILES string of the molecule is ClCC1=CCCN(Cc2ccccc2)C1. The molecule has 0 atom stereocenters. The fraction of sp³-hybridized carbons (Fsp3) is 0.385. The van der Waals surface area contributed by atoms with Gasteiger partial charge in [-0.05, 0) is 17.6 Å². The van der Waals surface area contributed by atoms with Crippen LogP contribution in [0.3, 0.4) is 0 Å². The Balaban J connectivity index is 1.94. The second-order valence-electron chi connectivity index (χ2n) is 3.98. The van der Waals surface area contributed by atoms with Gasteiger partial charge in [-0.1, -0.05) is 36.4 Å². The molecule has 0 amide bonds. The summed E-state index contributed by atoms with van der Waals surface area (Å²) in [5.74, 6) is 0.672. The van der Waals surface area contributed by atoms with Crippen LogP contribution < -0.4 is 0 Å². The zero-order valence-electron chi connectivity index (χ0n) is 8.82. The van der Waals surface area contributed by atoms with E-state index < -0.39 is 0 Å². The minimum absolute atomic E-state index is 0.672. The van der Waals surface area contributed by atoms with E-state index in [1.807, 2.05) is 0 Å². The van der Waals surface area contributed by atoms with Gasteiger partial charge >= 0.3 is 0 Å². The van der Waals surface area contributed by atoms with E-state index in [1.165, 1.54) is 11.1 Å². The third-order valence-electron chi connectivity index (χ3n) is 2.73. The van der Waals surface area contributed by atoms with Crippen LogP contribution in [0, 0.1) is 0 Å². The summed E-state index contributed by atoms with van der Waals surface area (Å²) in [5, 5.41) is 0. The average Bonchev–Trinajstić information content (AvgIpc) is 2.31. The highest BCUT2D eigenvalue weighted by molar-refractivity contribution is 6.19. The molecule has 0 fully saturated rings. The molecule has 0 saturated heterocycles. The summed E-state index contributed by atoms with van der Waals surface area (Å²) in [6.07, 6.45) is 3.41. The van der Waals surface area contributed by atoms with Gasteiger partial charge in [0.15, 0.2) is 0 Å². The number of hydrogen-bond donors (Lipinski definition) is 0. The molecule has 0 aromatic heterocycles. The van der Waals surface area contributed by atoms with Gasteiger partial charge in [0, 0.05) is 25.5 Å². The Bertz CT molecular complexity index is 332. The summed E-state index contributed by atoms with van der Waals surface area (Å²) in [5.41, 5.74) is 2.74. The first-order valence-corrected chi connectivity index (χ1v) is 5.92. The van der Waals surface area contributed by atoms with Crippen LogP contribution in [0.15, 0.2) is 42.0 Å². The molecule has 0 aliphatic carbocycles. The molecule has 80 valence electrons. The molecule has 1 heterocycles. The van der Waals surface area contributed by atoms with Crippen LogP contribution in [0.4, 0.5) is 0 Å². The fourth-order valence-corrected chi connectivity index (χ4v) is 2.15. The zero-order valence-corrected chi connectivity index (χ0v) is 9.58. The van der Waals surface area contributed by atoms with Gasteiger partial charge in [-0.2, -0.15) is 0 Å². The van der Waals surface area contributed by atoms with Crippen molar-refractivity contribution in [3.8, 4) is 0 Å². The molecule has 0 bridgehead atoms. The molecule has 1 nitrogen and oxygen atoms in total. The fourth-order valence-electron chi connectivity index (χ4n) is 1.96. The Labute approximate surface area is 96.4 Å². The average molecular weight is 222 g/mol. The van der Waals surface area contributed by atoms with Gasteiger partial charge in [0.2, 0.25) is 0 Å². The Morgan fingerprint density at radius 2 is 2.00 bits per heavy atom. The van der Waals surface area contributed by atoms with Crippen molar-refractivity contribution < 1.29 is 0 Å². The number of halogens is 1. The van der Waals surface area contributed by atoms with Crippen LogP contribution in [0.1, 0.15) is 12.0 Å². The van der Waals surface area contributed by atoms with E-state index in [2.05, 4.69) is 41.3 Å². The maximum absolute atomic E-state index is 5.85. The van der Waals surface area contributed by atoms with Gasteiger partial charge in [-0.15, -0.1) is 11.6 Å². The second kappa shape index (κ2) is 5.34. The molecule has 0 N–H and O–H groups in total. The topological polar surface area (TPSA) is 3.24 Å². The minimum Gasteiger partial charge on any atom is -0.295 e. The number of rotatable bonds is 3. The van der Waals surface area contributed by atoms with E-state index in [4.69, 9.17) is 11.6 Å². The molecule has 0 spiro atoms. The Kier molecular flexibility index (Phi) is 3.81. The minimum atomic E-state index is 0.672. The maximum Gasteiger partial charge on any atom is 0.0445 e. The number of nitrogens with zero attached hydrogens (tertiary/aromatic N) is 1. The van der Waals surface area contributed by atoms with Crippen molar-refractivity contribution in [2.75, 3.05) is 19.0 Å². The predicted octanol–water partition coefficient (Wildman–Crippen LogP) is 3.06. The largest absolute Gasteiger partial charge is 0.295 e. The Hall–Kier alpha value is -0.790. The molecule has 1 aromatic rings. The molecule has 2 heteroatoms. The summed E-state index contributed by atoms with van der Waals surface area (Å²) in [6.45, 7) is 3.21. The number of benzene rings is 1. The van der Waals surface area contributed by atoms with Crippen LogP contribution in [0.5, 0.6) is 0 Å². The third-order valence-corrected chi connectivity index (χ3v) is 3.07. The number of alkyl halides is 1. The van der Waals surface area contributed by atoms with E-state index in [0.717, 1.165) is 26.1 Å². The molecule has 1 aliphatic heterocycles. The second-order valence-corrected chi connectivity index (χ2v) is 4.25. The highest BCUT2D eigenvalue weighted by atomic mass is 35.5. The van der Waals surface area contributed by atoms with Crippen molar-refractivity contribution in [1.29, 1.82) is 0 Å². The highest BCUT2D eigenvalue weighted by Gasteiger charge is 2.11. The van der Waals surface area contributed by atoms with Gasteiger partial charge in [0.25, 0.3) is 0 Å². The first kappa shape index (κ1) is 10.7. The summed E-state index contributed by atoms with van der Waals surface area (Å²) < 4.78 is 0.